The van der Waals surface area contributed by atoms with Crippen LogP contribution in [0.25, 0.3) is 0 Å². The van der Waals surface area contributed by atoms with Gasteiger partial charge in [0.05, 0.1) is 0 Å². The minimum atomic E-state index is -4.79. The first-order valence-electron chi connectivity index (χ1n) is 6.11. The smallest absolute Gasteiger partial charge is 0.396 e. The molecular formula is C11H19F3N2O2. The molecular weight excluding hydrogens is 249 g/mol. The lowest BCUT2D eigenvalue weighted by atomic mass is 9.98. The molecule has 7 heteroatoms. The zero-order valence-electron chi connectivity index (χ0n) is 10.2. The molecule has 106 valence electrons. The summed E-state index contributed by atoms with van der Waals surface area (Å²) >= 11 is 0. The Bertz CT molecular complexity index is 264. The Kier molecular flexibility index (Phi) is 5.87. The van der Waals surface area contributed by atoms with E-state index in [0.717, 1.165) is 25.9 Å². The van der Waals surface area contributed by atoms with E-state index < -0.39 is 12.1 Å². The summed E-state index contributed by atoms with van der Waals surface area (Å²) in [7, 11) is 0. The summed E-state index contributed by atoms with van der Waals surface area (Å²) < 4.78 is 35.6. The minimum Gasteiger partial charge on any atom is -0.396 e. The number of alkyl halides is 3. The van der Waals surface area contributed by atoms with Crippen molar-refractivity contribution >= 4 is 5.91 Å². The summed E-state index contributed by atoms with van der Waals surface area (Å²) in [5, 5.41) is 10.8. The van der Waals surface area contributed by atoms with Crippen molar-refractivity contribution in [2.75, 3.05) is 32.8 Å². The van der Waals surface area contributed by atoms with Gasteiger partial charge in [-0.3, -0.25) is 4.79 Å². The quantitative estimate of drug-likeness (QED) is 0.724. The number of aliphatic hydroxyl groups is 1. The number of carbonyl (C=O) groups is 1. The average Bonchev–Trinajstić information content (AvgIpc) is 2.34. The van der Waals surface area contributed by atoms with E-state index in [2.05, 4.69) is 4.90 Å². The van der Waals surface area contributed by atoms with Gasteiger partial charge in [-0.1, -0.05) is 0 Å². The molecule has 1 heterocycles. The van der Waals surface area contributed by atoms with E-state index in [1.54, 1.807) is 0 Å². The molecule has 2 N–H and O–H groups in total. The van der Waals surface area contributed by atoms with E-state index in [1.807, 2.05) is 5.32 Å². The molecule has 1 fully saturated rings. The Morgan fingerprint density at radius 3 is 2.44 bits per heavy atom. The molecule has 0 spiro atoms. The number of hydrogen-bond acceptors (Lipinski definition) is 3. The molecule has 1 aliphatic heterocycles. The van der Waals surface area contributed by atoms with E-state index >= 15 is 0 Å². The summed E-state index contributed by atoms with van der Waals surface area (Å²) in [6.45, 7) is 2.64. The van der Waals surface area contributed by atoms with E-state index in [-0.39, 0.29) is 13.2 Å². The Hall–Kier alpha value is -0.820. The summed E-state index contributed by atoms with van der Waals surface area (Å²) in [4.78, 5) is 12.7. The van der Waals surface area contributed by atoms with Crippen LogP contribution in [0.4, 0.5) is 13.2 Å². The van der Waals surface area contributed by atoms with Gasteiger partial charge < -0.3 is 15.3 Å². The number of aliphatic hydroxyl groups excluding tert-OH is 1. The fourth-order valence-electron chi connectivity index (χ4n) is 2.00. The first-order chi connectivity index (χ1) is 8.43. The van der Waals surface area contributed by atoms with Crippen molar-refractivity contribution in [2.45, 2.75) is 25.4 Å². The van der Waals surface area contributed by atoms with Crippen molar-refractivity contribution in [3.63, 3.8) is 0 Å². The van der Waals surface area contributed by atoms with Gasteiger partial charge in [0.25, 0.3) is 0 Å². The number of nitrogens with one attached hydrogen (secondary N) is 1. The summed E-state index contributed by atoms with van der Waals surface area (Å²) in [6.07, 6.45) is -2.44. The first kappa shape index (κ1) is 15.2. The molecule has 0 aliphatic carbocycles. The molecule has 0 radical (unpaired) electrons. The highest BCUT2D eigenvalue weighted by molar-refractivity contribution is 5.81. The molecule has 0 aromatic heterocycles. The highest BCUT2D eigenvalue weighted by Gasteiger charge is 2.38. The third-order valence-corrected chi connectivity index (χ3v) is 3.16. The SMILES string of the molecule is O=C(NCCCN1CCC(CO)CC1)C(F)(F)F. The number of amides is 1. The summed E-state index contributed by atoms with van der Waals surface area (Å²) in [6, 6.07) is 0. The monoisotopic (exact) mass is 268 g/mol. The topological polar surface area (TPSA) is 52.6 Å². The molecule has 0 aromatic rings. The molecule has 0 atom stereocenters. The first-order valence-corrected chi connectivity index (χ1v) is 6.11. The third-order valence-electron chi connectivity index (χ3n) is 3.16. The van der Waals surface area contributed by atoms with Crippen molar-refractivity contribution in [1.82, 2.24) is 10.2 Å². The van der Waals surface area contributed by atoms with Crippen LogP contribution in [0, 0.1) is 5.92 Å². The van der Waals surface area contributed by atoms with Crippen molar-refractivity contribution in [3.8, 4) is 0 Å². The molecule has 1 aliphatic rings. The highest BCUT2D eigenvalue weighted by atomic mass is 19.4. The molecule has 0 bridgehead atoms. The molecule has 0 saturated carbocycles. The second-order valence-corrected chi connectivity index (χ2v) is 4.57. The lowest BCUT2D eigenvalue weighted by Gasteiger charge is -2.30. The van der Waals surface area contributed by atoms with Gasteiger partial charge in [0, 0.05) is 13.2 Å². The highest BCUT2D eigenvalue weighted by Crippen LogP contribution is 2.16. The van der Waals surface area contributed by atoms with E-state index in [0.29, 0.717) is 18.9 Å². The molecule has 1 rings (SSSR count). The molecule has 0 aromatic carbocycles. The molecule has 1 saturated heterocycles. The van der Waals surface area contributed by atoms with Crippen molar-refractivity contribution in [2.24, 2.45) is 5.92 Å². The third kappa shape index (κ3) is 5.22. The van der Waals surface area contributed by atoms with Crippen LogP contribution in [-0.2, 0) is 4.79 Å². The maximum atomic E-state index is 11.9. The van der Waals surface area contributed by atoms with Gasteiger partial charge >= 0.3 is 12.1 Å². The van der Waals surface area contributed by atoms with Gasteiger partial charge in [0.2, 0.25) is 0 Å². The Morgan fingerprint density at radius 1 is 1.33 bits per heavy atom. The van der Waals surface area contributed by atoms with Crippen LogP contribution in [0.15, 0.2) is 0 Å². The van der Waals surface area contributed by atoms with Crippen LogP contribution < -0.4 is 5.32 Å². The van der Waals surface area contributed by atoms with E-state index in [4.69, 9.17) is 5.11 Å². The van der Waals surface area contributed by atoms with Gasteiger partial charge in [-0.2, -0.15) is 13.2 Å². The van der Waals surface area contributed by atoms with Crippen molar-refractivity contribution in [1.29, 1.82) is 0 Å². The molecule has 4 nitrogen and oxygen atoms in total. The second-order valence-electron chi connectivity index (χ2n) is 4.57. The lowest BCUT2D eigenvalue weighted by Crippen LogP contribution is -2.39. The fourth-order valence-corrected chi connectivity index (χ4v) is 2.00. The van der Waals surface area contributed by atoms with E-state index in [1.165, 1.54) is 0 Å². The van der Waals surface area contributed by atoms with Crippen molar-refractivity contribution in [3.05, 3.63) is 0 Å². The van der Waals surface area contributed by atoms with Crippen LogP contribution in [0.1, 0.15) is 19.3 Å². The van der Waals surface area contributed by atoms with Crippen molar-refractivity contribution < 1.29 is 23.1 Å². The minimum absolute atomic E-state index is 0.0400. The second kappa shape index (κ2) is 6.94. The fraction of sp³-hybridized carbons (Fsp3) is 0.909. The van der Waals surface area contributed by atoms with E-state index in [9.17, 15) is 18.0 Å². The lowest BCUT2D eigenvalue weighted by molar-refractivity contribution is -0.173. The number of rotatable bonds is 5. The van der Waals surface area contributed by atoms with Gasteiger partial charge in [0.15, 0.2) is 0 Å². The number of hydrogen-bond donors (Lipinski definition) is 2. The van der Waals surface area contributed by atoms with Gasteiger partial charge in [-0.25, -0.2) is 0 Å². The number of likely N-dealkylation sites (tertiary alicyclic amines) is 1. The maximum absolute atomic E-state index is 11.9. The van der Waals surface area contributed by atoms with Gasteiger partial charge in [0.1, 0.15) is 0 Å². The number of carbonyl (C=O) groups excluding carboxylic acids is 1. The Balaban J connectivity index is 2.07. The maximum Gasteiger partial charge on any atom is 0.471 e. The standard InChI is InChI=1S/C11H19F3N2O2/c12-11(13,14)10(18)15-4-1-5-16-6-2-9(8-17)3-7-16/h9,17H,1-8H2,(H,15,18). The molecule has 18 heavy (non-hydrogen) atoms. The summed E-state index contributed by atoms with van der Waals surface area (Å²) in [5.41, 5.74) is 0. The molecule has 1 amide bonds. The predicted octanol–water partition coefficient (Wildman–Crippen LogP) is 0.759. The average molecular weight is 268 g/mol. The van der Waals surface area contributed by atoms with Crippen LogP contribution >= 0.6 is 0 Å². The Morgan fingerprint density at radius 2 is 1.94 bits per heavy atom. The molecule has 0 unspecified atom stereocenters. The number of nitrogens with zero attached hydrogens (tertiary/aromatic N) is 1. The summed E-state index contributed by atoms with van der Waals surface area (Å²) in [5.74, 6) is -1.52. The van der Waals surface area contributed by atoms with Crippen LogP contribution in [-0.4, -0.2) is 54.9 Å². The Labute approximate surface area is 104 Å². The van der Waals surface area contributed by atoms with Gasteiger partial charge in [-0.05, 0) is 44.8 Å². The number of piperidine rings is 1. The zero-order chi connectivity index (χ0) is 13.6. The van der Waals surface area contributed by atoms with Crippen LogP contribution in [0.2, 0.25) is 0 Å². The zero-order valence-corrected chi connectivity index (χ0v) is 10.2. The van der Waals surface area contributed by atoms with Gasteiger partial charge in [-0.15, -0.1) is 0 Å². The largest absolute Gasteiger partial charge is 0.471 e. The van der Waals surface area contributed by atoms with Crippen LogP contribution in [0.5, 0.6) is 0 Å². The normalized spacial score (nSPS) is 18.9. The number of halogens is 3. The van der Waals surface area contributed by atoms with Crippen LogP contribution in [0.3, 0.4) is 0 Å². The predicted molar refractivity (Wildman–Crippen MR) is 59.9 cm³/mol.